The highest BCUT2D eigenvalue weighted by Crippen LogP contribution is 2.43. The third-order valence-electron chi connectivity index (χ3n) is 4.16. The zero-order valence-corrected chi connectivity index (χ0v) is 16.2. The molecule has 0 saturated carbocycles. The van der Waals surface area contributed by atoms with Crippen molar-refractivity contribution in [3.8, 4) is 0 Å². The molecule has 0 unspecified atom stereocenters. The van der Waals surface area contributed by atoms with Gasteiger partial charge in [0.15, 0.2) is 5.96 Å². The van der Waals surface area contributed by atoms with Gasteiger partial charge < -0.3 is 15.8 Å². The van der Waals surface area contributed by atoms with Gasteiger partial charge in [-0.1, -0.05) is 11.8 Å². The predicted octanol–water partition coefficient (Wildman–Crippen LogP) is 2.22. The number of nitrogens with two attached hydrogens (primary N) is 1. The molecule has 0 radical (unpaired) electrons. The van der Waals surface area contributed by atoms with Gasteiger partial charge in [0.2, 0.25) is 0 Å². The third-order valence-corrected chi connectivity index (χ3v) is 5.47. The van der Waals surface area contributed by atoms with Crippen molar-refractivity contribution in [3.05, 3.63) is 35.4 Å². The van der Waals surface area contributed by atoms with Crippen LogP contribution in [0.3, 0.4) is 0 Å². The van der Waals surface area contributed by atoms with E-state index in [1.165, 1.54) is 23.9 Å². The minimum Gasteiger partial charge on any atom is -0.372 e. The van der Waals surface area contributed by atoms with E-state index in [1.54, 1.807) is 13.8 Å². The number of amides is 1. The van der Waals surface area contributed by atoms with E-state index >= 15 is 0 Å². The second-order valence-electron chi connectivity index (χ2n) is 6.28. The molecule has 1 heterocycles. The molecule has 1 aromatic rings. The van der Waals surface area contributed by atoms with Crippen molar-refractivity contribution < 1.29 is 18.3 Å². The van der Waals surface area contributed by atoms with Crippen molar-refractivity contribution in [2.45, 2.75) is 37.7 Å². The molecule has 148 valence electrons. The Morgan fingerprint density at radius 1 is 1.52 bits per heavy atom. The number of hydrogen-bond donors (Lipinski definition) is 3. The second kappa shape index (κ2) is 8.66. The maximum Gasteiger partial charge on any atom is 0.272 e. The summed E-state index contributed by atoms with van der Waals surface area (Å²) in [7, 11) is 1.41. The molecule has 2 atom stereocenters. The predicted molar refractivity (Wildman–Crippen MR) is 101 cm³/mol. The van der Waals surface area contributed by atoms with Crippen molar-refractivity contribution in [3.63, 3.8) is 0 Å². The van der Waals surface area contributed by atoms with Crippen molar-refractivity contribution in [2.24, 2.45) is 10.8 Å². The first-order chi connectivity index (χ1) is 12.7. The molecular weight excluding hydrogens is 376 g/mol. The number of guanidine groups is 1. The highest BCUT2D eigenvalue weighted by molar-refractivity contribution is 8.15. The van der Waals surface area contributed by atoms with E-state index in [0.717, 1.165) is 18.2 Å². The van der Waals surface area contributed by atoms with Crippen LogP contribution in [0, 0.1) is 17.0 Å². The number of halogens is 2. The Morgan fingerprint density at radius 3 is 2.85 bits per heavy atom. The molecule has 1 amide bonds. The van der Waals surface area contributed by atoms with Gasteiger partial charge >= 0.3 is 0 Å². The van der Waals surface area contributed by atoms with Crippen LogP contribution in [0.25, 0.3) is 0 Å². The summed E-state index contributed by atoms with van der Waals surface area (Å²) in [4.78, 5) is 11.9. The van der Waals surface area contributed by atoms with E-state index in [9.17, 15) is 13.6 Å². The first-order valence-corrected chi connectivity index (χ1v) is 9.17. The van der Waals surface area contributed by atoms with E-state index in [4.69, 9.17) is 15.9 Å². The minimum atomic E-state index is -0.809. The van der Waals surface area contributed by atoms with Crippen molar-refractivity contribution in [2.75, 3.05) is 13.7 Å². The average Bonchev–Trinajstić information content (AvgIpc) is 2.97. The molecule has 0 aromatic heterocycles. The Kier molecular flexibility index (Phi) is 6.77. The zero-order valence-electron chi connectivity index (χ0n) is 15.4. The Labute approximate surface area is 160 Å². The van der Waals surface area contributed by atoms with Gasteiger partial charge in [-0.3, -0.25) is 10.2 Å². The highest BCUT2D eigenvalue weighted by Gasteiger charge is 2.44. The van der Waals surface area contributed by atoms with Crippen LogP contribution in [-0.4, -0.2) is 46.5 Å². The summed E-state index contributed by atoms with van der Waals surface area (Å²) < 4.78 is 32.9. The fraction of sp³-hybridized carbons (Fsp3) is 0.471. The third kappa shape index (κ3) is 4.95. The Bertz CT molecular complexity index is 761. The lowest BCUT2D eigenvalue weighted by atomic mass is 10.1. The summed E-state index contributed by atoms with van der Waals surface area (Å²) in [5, 5.41) is 15.7. The summed E-state index contributed by atoms with van der Waals surface area (Å²) >= 11 is 1.19. The van der Waals surface area contributed by atoms with E-state index < -0.39 is 22.6 Å². The van der Waals surface area contributed by atoms with Crippen molar-refractivity contribution in [1.29, 1.82) is 5.41 Å². The van der Waals surface area contributed by atoms with Crippen LogP contribution >= 0.6 is 11.8 Å². The molecule has 0 bridgehead atoms. The number of methoxy groups -OCH3 is 1. The number of carbonyl (C=O) groups is 1. The van der Waals surface area contributed by atoms with E-state index in [0.29, 0.717) is 19.4 Å². The van der Waals surface area contributed by atoms with Gasteiger partial charge in [-0.15, -0.1) is 0 Å². The van der Waals surface area contributed by atoms with E-state index in [-0.39, 0.29) is 22.5 Å². The normalized spacial score (nSPS) is 20.3. The van der Waals surface area contributed by atoms with Crippen molar-refractivity contribution >= 4 is 28.7 Å². The van der Waals surface area contributed by atoms with Gasteiger partial charge in [-0.25, -0.2) is 13.8 Å². The van der Waals surface area contributed by atoms with Crippen LogP contribution < -0.4 is 11.1 Å². The molecule has 0 fully saturated rings. The van der Waals surface area contributed by atoms with Gasteiger partial charge in [0.05, 0.1) is 0 Å². The minimum absolute atomic E-state index is 0.00783. The Balaban J connectivity index is 2.29. The molecule has 1 aromatic carbocycles. The van der Waals surface area contributed by atoms with E-state index in [2.05, 4.69) is 10.4 Å². The summed E-state index contributed by atoms with van der Waals surface area (Å²) in [6, 6.07) is 3.12. The largest absolute Gasteiger partial charge is 0.372 e. The Morgan fingerprint density at radius 2 is 2.22 bits per heavy atom. The monoisotopic (exact) mass is 399 g/mol. The lowest BCUT2D eigenvalue weighted by Crippen LogP contribution is -2.46. The average molecular weight is 399 g/mol. The lowest BCUT2D eigenvalue weighted by molar-refractivity contribution is -0.144. The lowest BCUT2D eigenvalue weighted by Gasteiger charge is -2.33. The topological polar surface area (TPSA) is 104 Å². The number of rotatable bonds is 7. The van der Waals surface area contributed by atoms with Crippen LogP contribution in [0.1, 0.15) is 32.3 Å². The van der Waals surface area contributed by atoms with Gasteiger partial charge in [0.1, 0.15) is 27.7 Å². The Hall–Kier alpha value is -2.20. The maximum absolute atomic E-state index is 14.2. The number of hydrazone groups is 1. The standard InChI is InChI=1S/C17H23F2N5O2S/c1-10(26-3)15(25)24-17(2,7-4-8-22-16(20)21)27-14(23-24)12-9-11(18)5-6-13(12)19/h5-6,9-10H,4,7-8H2,1-3H3,(H4,20,21,22)/t10-,17+/m0/s1. The molecule has 0 aliphatic carbocycles. The van der Waals surface area contributed by atoms with Crippen LogP contribution in [0.5, 0.6) is 0 Å². The van der Waals surface area contributed by atoms with Crippen LogP contribution in [-0.2, 0) is 9.53 Å². The summed E-state index contributed by atoms with van der Waals surface area (Å²) in [6.07, 6.45) is 0.341. The molecule has 2 rings (SSSR count). The number of ether oxygens (including phenoxy) is 1. The highest BCUT2D eigenvalue weighted by atomic mass is 32.2. The fourth-order valence-corrected chi connectivity index (χ4v) is 3.86. The number of carbonyl (C=O) groups excluding carboxylic acids is 1. The quantitative estimate of drug-likeness (QED) is 0.371. The van der Waals surface area contributed by atoms with Crippen LogP contribution in [0.15, 0.2) is 23.3 Å². The maximum atomic E-state index is 14.2. The van der Waals surface area contributed by atoms with Crippen LogP contribution in [0.4, 0.5) is 8.78 Å². The zero-order chi connectivity index (χ0) is 20.2. The summed E-state index contributed by atoms with van der Waals surface area (Å²) in [6.45, 7) is 3.84. The first kappa shape index (κ1) is 21.1. The van der Waals surface area contributed by atoms with Gasteiger partial charge in [-0.05, 0) is 44.9 Å². The first-order valence-electron chi connectivity index (χ1n) is 8.35. The molecule has 1 aliphatic heterocycles. The molecule has 0 spiro atoms. The smallest absolute Gasteiger partial charge is 0.272 e. The van der Waals surface area contributed by atoms with Gasteiger partial charge in [0.25, 0.3) is 5.91 Å². The SMILES string of the molecule is CO[C@@H](C)C(=O)N1N=C(c2cc(F)ccc2F)S[C@]1(C)CCCNC(=N)N. The molecule has 7 nitrogen and oxygen atoms in total. The van der Waals surface area contributed by atoms with E-state index in [1.807, 2.05) is 0 Å². The number of thioether (sulfide) groups is 1. The molecular formula is C17H23F2N5O2S. The number of hydrogen-bond acceptors (Lipinski definition) is 5. The summed E-state index contributed by atoms with van der Waals surface area (Å²) in [5.41, 5.74) is 5.28. The fourth-order valence-electron chi connectivity index (χ4n) is 2.59. The van der Waals surface area contributed by atoms with Gasteiger partial charge in [0, 0.05) is 19.2 Å². The molecule has 27 heavy (non-hydrogen) atoms. The molecule has 0 saturated heterocycles. The number of nitrogens with zero attached hydrogens (tertiary/aromatic N) is 2. The van der Waals surface area contributed by atoms with Gasteiger partial charge in [-0.2, -0.15) is 5.10 Å². The molecule has 1 aliphatic rings. The molecule has 4 N–H and O–H groups in total. The number of benzene rings is 1. The summed E-state index contributed by atoms with van der Waals surface area (Å²) in [5.74, 6) is -1.72. The van der Waals surface area contributed by atoms with Crippen LogP contribution in [0.2, 0.25) is 0 Å². The van der Waals surface area contributed by atoms with Crippen molar-refractivity contribution in [1.82, 2.24) is 10.3 Å². The second-order valence-corrected chi connectivity index (χ2v) is 7.75. The molecule has 10 heteroatoms. The number of nitrogens with one attached hydrogen (secondary N) is 2.